The Kier molecular flexibility index (Phi) is 11.2. The molecule has 0 saturated carbocycles. The van der Waals surface area contributed by atoms with E-state index < -0.39 is 0 Å². The summed E-state index contributed by atoms with van der Waals surface area (Å²) in [6.45, 7) is 5.83. The number of nitrogens with one attached hydrogen (secondary N) is 2. The summed E-state index contributed by atoms with van der Waals surface area (Å²) >= 11 is 0. The number of rotatable bonds is 14. The molecule has 1 aliphatic carbocycles. The van der Waals surface area contributed by atoms with Gasteiger partial charge in [-0.1, -0.05) is 24.3 Å². The van der Waals surface area contributed by atoms with E-state index in [4.69, 9.17) is 18.9 Å². The summed E-state index contributed by atoms with van der Waals surface area (Å²) < 4.78 is 22.2. The summed E-state index contributed by atoms with van der Waals surface area (Å²) in [5.41, 5.74) is 3.16. The molecule has 1 aromatic rings. The van der Waals surface area contributed by atoms with E-state index in [9.17, 15) is 5.11 Å². The van der Waals surface area contributed by atoms with E-state index in [1.807, 2.05) is 12.1 Å². The Morgan fingerprint density at radius 1 is 1.15 bits per heavy atom. The number of benzene rings is 1. The summed E-state index contributed by atoms with van der Waals surface area (Å²) in [7, 11) is 3.39. The summed E-state index contributed by atoms with van der Waals surface area (Å²) in [6.07, 6.45) is 9.99. The molecule has 1 saturated heterocycles. The van der Waals surface area contributed by atoms with Gasteiger partial charge in [0, 0.05) is 45.8 Å². The number of anilines is 1. The molecule has 1 aromatic carbocycles. The maximum atomic E-state index is 10.1. The first-order valence-electron chi connectivity index (χ1n) is 12.0. The van der Waals surface area contributed by atoms with E-state index >= 15 is 0 Å². The van der Waals surface area contributed by atoms with Crippen molar-refractivity contribution in [1.82, 2.24) is 5.32 Å². The topological polar surface area (TPSA) is 81.2 Å². The van der Waals surface area contributed by atoms with Gasteiger partial charge in [0.15, 0.2) is 0 Å². The minimum Gasteiger partial charge on any atom is -0.506 e. The van der Waals surface area contributed by atoms with Crippen molar-refractivity contribution in [2.75, 3.05) is 65.6 Å². The first kappa shape index (κ1) is 25.7. The van der Waals surface area contributed by atoms with Gasteiger partial charge in [-0.15, -0.1) is 0 Å². The predicted octanol–water partition coefficient (Wildman–Crippen LogP) is 3.50. The van der Waals surface area contributed by atoms with Gasteiger partial charge in [-0.25, -0.2) is 0 Å². The fourth-order valence-corrected chi connectivity index (χ4v) is 4.30. The molecular weight excluding hydrogens is 420 g/mol. The van der Waals surface area contributed by atoms with Crippen LogP contribution in [0, 0.1) is 11.8 Å². The minimum absolute atomic E-state index is 0.121. The van der Waals surface area contributed by atoms with Crippen LogP contribution >= 0.6 is 0 Å². The van der Waals surface area contributed by atoms with Gasteiger partial charge in [-0.3, -0.25) is 0 Å². The Bertz CT molecular complexity index is 767. The third kappa shape index (κ3) is 8.43. The highest BCUT2D eigenvalue weighted by atomic mass is 16.5. The molecule has 1 heterocycles. The van der Waals surface area contributed by atoms with Crippen LogP contribution < -0.4 is 10.6 Å². The maximum Gasteiger partial charge on any atom is 0.138 e. The number of ether oxygens (including phenoxy) is 4. The van der Waals surface area contributed by atoms with Crippen molar-refractivity contribution < 1.29 is 24.1 Å². The van der Waals surface area contributed by atoms with Gasteiger partial charge >= 0.3 is 0 Å². The predicted molar refractivity (Wildman–Crippen MR) is 131 cm³/mol. The van der Waals surface area contributed by atoms with E-state index in [-0.39, 0.29) is 11.9 Å². The van der Waals surface area contributed by atoms with Crippen LogP contribution in [0.5, 0.6) is 5.75 Å². The molecule has 7 heteroatoms. The zero-order valence-electron chi connectivity index (χ0n) is 20.1. The fourth-order valence-electron chi connectivity index (χ4n) is 4.30. The molecule has 3 atom stereocenters. The molecule has 3 N–H and O–H groups in total. The Morgan fingerprint density at radius 3 is 2.82 bits per heavy atom. The van der Waals surface area contributed by atoms with Gasteiger partial charge in [0.25, 0.3) is 0 Å². The molecule has 0 bridgehead atoms. The first-order valence-corrected chi connectivity index (χ1v) is 12.0. The number of hydrogen-bond acceptors (Lipinski definition) is 7. The zero-order chi connectivity index (χ0) is 23.3. The van der Waals surface area contributed by atoms with Gasteiger partial charge in [-0.2, -0.15) is 0 Å². The van der Waals surface area contributed by atoms with Crippen LogP contribution in [0.1, 0.15) is 24.8 Å². The average molecular weight is 461 g/mol. The highest BCUT2D eigenvalue weighted by molar-refractivity contribution is 5.57. The molecule has 3 rings (SSSR count). The van der Waals surface area contributed by atoms with Crippen molar-refractivity contribution in [2.24, 2.45) is 11.8 Å². The summed E-state index contributed by atoms with van der Waals surface area (Å²) in [5, 5.41) is 16.9. The molecule has 0 aromatic heterocycles. The molecule has 1 fully saturated rings. The number of phenols is 1. The molecular formula is C26H40N2O5. The van der Waals surface area contributed by atoms with Crippen molar-refractivity contribution in [2.45, 2.75) is 32.0 Å². The zero-order valence-corrected chi connectivity index (χ0v) is 20.1. The highest BCUT2D eigenvalue weighted by Crippen LogP contribution is 2.31. The van der Waals surface area contributed by atoms with Crippen molar-refractivity contribution in [3.05, 3.63) is 47.6 Å². The fraction of sp³-hybridized carbons (Fsp3) is 0.615. The summed E-state index contributed by atoms with van der Waals surface area (Å²) in [5.74, 6) is 1.08. The summed E-state index contributed by atoms with van der Waals surface area (Å²) in [6, 6.07) is 5.63. The Morgan fingerprint density at radius 2 is 2.03 bits per heavy atom. The maximum absolute atomic E-state index is 10.1. The number of phenolic OH excluding ortho intramolecular Hbond substituents is 1. The van der Waals surface area contributed by atoms with Crippen molar-refractivity contribution >= 4 is 5.69 Å². The molecule has 2 unspecified atom stereocenters. The SMILES string of the molecule is COCCCNc1cc(CO[C@H]2CNCCC2C2=CCC(COCCOC)C=C2)ccc1O. The lowest BCUT2D eigenvalue weighted by Gasteiger charge is -2.34. The molecule has 0 spiro atoms. The van der Waals surface area contributed by atoms with Crippen LogP contribution in [0.15, 0.2) is 42.0 Å². The van der Waals surface area contributed by atoms with Gasteiger partial charge in [-0.05, 0) is 49.1 Å². The van der Waals surface area contributed by atoms with Gasteiger partial charge < -0.3 is 34.7 Å². The van der Waals surface area contributed by atoms with E-state index in [1.54, 1.807) is 20.3 Å². The lowest BCUT2D eigenvalue weighted by Crippen LogP contribution is -2.43. The summed E-state index contributed by atoms with van der Waals surface area (Å²) in [4.78, 5) is 0. The molecule has 1 aliphatic heterocycles. The van der Waals surface area contributed by atoms with E-state index in [0.29, 0.717) is 38.3 Å². The number of aromatic hydroxyl groups is 1. The monoisotopic (exact) mass is 460 g/mol. The third-order valence-electron chi connectivity index (χ3n) is 6.20. The lowest BCUT2D eigenvalue weighted by molar-refractivity contribution is -0.000788. The van der Waals surface area contributed by atoms with E-state index in [1.165, 1.54) is 5.57 Å². The second-order valence-electron chi connectivity index (χ2n) is 8.70. The van der Waals surface area contributed by atoms with E-state index in [0.717, 1.165) is 56.8 Å². The highest BCUT2D eigenvalue weighted by Gasteiger charge is 2.29. The van der Waals surface area contributed by atoms with Crippen LogP contribution in [0.4, 0.5) is 5.69 Å². The minimum atomic E-state index is 0.121. The van der Waals surface area contributed by atoms with Crippen molar-refractivity contribution in [1.29, 1.82) is 0 Å². The number of methoxy groups -OCH3 is 2. The molecule has 184 valence electrons. The average Bonchev–Trinajstić information content (AvgIpc) is 2.85. The Labute approximate surface area is 198 Å². The van der Waals surface area contributed by atoms with E-state index in [2.05, 4.69) is 28.9 Å². The van der Waals surface area contributed by atoms with Crippen LogP contribution in [0.3, 0.4) is 0 Å². The largest absolute Gasteiger partial charge is 0.506 e. The van der Waals surface area contributed by atoms with Crippen LogP contribution in [0.2, 0.25) is 0 Å². The van der Waals surface area contributed by atoms with Gasteiger partial charge in [0.1, 0.15) is 5.75 Å². The molecule has 0 amide bonds. The van der Waals surface area contributed by atoms with Crippen LogP contribution in [-0.2, 0) is 25.6 Å². The van der Waals surface area contributed by atoms with Crippen molar-refractivity contribution in [3.8, 4) is 5.75 Å². The van der Waals surface area contributed by atoms with Crippen molar-refractivity contribution in [3.63, 3.8) is 0 Å². The Balaban J connectivity index is 1.51. The molecule has 0 radical (unpaired) electrons. The first-order chi connectivity index (χ1) is 16.2. The number of allylic oxidation sites excluding steroid dienone is 2. The lowest BCUT2D eigenvalue weighted by atomic mass is 9.83. The normalized spacial score (nSPS) is 22.8. The smallest absolute Gasteiger partial charge is 0.138 e. The Hall–Kier alpha value is -1.90. The standard InChI is InChI=1S/C26H40N2O5/c1-30-13-3-11-28-24-16-21(6-9-25(24)29)19-33-26-17-27-12-10-23(26)22-7-4-20(5-8-22)18-32-15-14-31-2/h4,6-9,16,20,23,26-29H,3,5,10-15,17-19H2,1-2H3/t20?,23?,26-/m0/s1. The molecule has 2 aliphatic rings. The number of hydrogen-bond donors (Lipinski definition) is 3. The second-order valence-corrected chi connectivity index (χ2v) is 8.70. The quantitative estimate of drug-likeness (QED) is 0.290. The third-order valence-corrected chi connectivity index (χ3v) is 6.20. The van der Waals surface area contributed by atoms with Crippen LogP contribution in [-0.4, -0.2) is 71.5 Å². The number of piperidine rings is 1. The molecule has 33 heavy (non-hydrogen) atoms. The molecule has 7 nitrogen and oxygen atoms in total. The van der Waals surface area contributed by atoms with Gasteiger partial charge in [0.05, 0.1) is 38.2 Å². The van der Waals surface area contributed by atoms with Gasteiger partial charge in [0.2, 0.25) is 0 Å². The second kappa shape index (κ2) is 14.4. The van der Waals surface area contributed by atoms with Crippen LogP contribution in [0.25, 0.3) is 0 Å².